The van der Waals surface area contributed by atoms with E-state index in [1.807, 2.05) is 38.1 Å². The van der Waals surface area contributed by atoms with Crippen LogP contribution < -0.4 is 0 Å². The van der Waals surface area contributed by atoms with E-state index in [9.17, 15) is 19.8 Å². The van der Waals surface area contributed by atoms with Gasteiger partial charge < -0.3 is 19.7 Å². The smallest absolute Gasteiger partial charge is 0.320 e. The fourth-order valence-electron chi connectivity index (χ4n) is 10.1. The number of benzene rings is 2. The van der Waals surface area contributed by atoms with Crippen molar-refractivity contribution in [3.05, 3.63) is 57.6 Å². The summed E-state index contributed by atoms with van der Waals surface area (Å²) in [7, 11) is 0. The molecule has 0 saturated carbocycles. The van der Waals surface area contributed by atoms with E-state index in [2.05, 4.69) is 55.4 Å². The molecule has 0 aromatic heterocycles. The van der Waals surface area contributed by atoms with Gasteiger partial charge in [-0.15, -0.1) is 0 Å². The standard InChI is InChI=1S/C63H108O6/c1-11-13-15-17-19-21-23-25-27-29-31-33-35-37-39-41-43-68-60(66)57(61(67)69-44-42-40-38-36-34-32-30-28-26-24-22-20-18-16-14-12-2)54(53-46-51(4)59(65)56(49-53)63(8,9)10)47-52-45-50(3)58(64)55(48-52)62(5,6)7/h45-46,48-49,54,57,64-65H,11-44,47H2,1-10H3. The van der Waals surface area contributed by atoms with Crippen LogP contribution in [0.3, 0.4) is 0 Å². The minimum absolute atomic E-state index is 0.231. The lowest BCUT2D eigenvalue weighted by atomic mass is 9.76. The van der Waals surface area contributed by atoms with Crippen LogP contribution in [0.2, 0.25) is 0 Å². The second-order valence-electron chi connectivity index (χ2n) is 23.3. The molecule has 0 bridgehead atoms. The molecule has 2 rings (SSSR count). The van der Waals surface area contributed by atoms with Crippen LogP contribution in [0.5, 0.6) is 11.5 Å². The van der Waals surface area contributed by atoms with Crippen molar-refractivity contribution in [2.45, 2.75) is 298 Å². The molecule has 6 heteroatoms. The molecular weight excluding hydrogens is 853 g/mol. The van der Waals surface area contributed by atoms with E-state index < -0.39 is 23.8 Å². The zero-order valence-corrected chi connectivity index (χ0v) is 46.7. The normalized spacial score (nSPS) is 12.5. The molecule has 0 aliphatic carbocycles. The van der Waals surface area contributed by atoms with Crippen molar-refractivity contribution in [2.75, 3.05) is 13.2 Å². The third kappa shape index (κ3) is 26.3. The molecule has 6 nitrogen and oxygen atoms in total. The number of phenols is 2. The summed E-state index contributed by atoms with van der Waals surface area (Å²) in [6.07, 6.45) is 40.9. The first-order valence-electron chi connectivity index (χ1n) is 29.0. The van der Waals surface area contributed by atoms with Gasteiger partial charge in [-0.2, -0.15) is 0 Å². The van der Waals surface area contributed by atoms with Crippen molar-refractivity contribution >= 4 is 11.9 Å². The van der Waals surface area contributed by atoms with E-state index in [1.165, 1.54) is 167 Å². The van der Waals surface area contributed by atoms with Gasteiger partial charge in [0.2, 0.25) is 0 Å². The lowest BCUT2D eigenvalue weighted by molar-refractivity contribution is -0.163. The summed E-state index contributed by atoms with van der Waals surface area (Å²) < 4.78 is 12.1. The predicted molar refractivity (Wildman–Crippen MR) is 294 cm³/mol. The highest BCUT2D eigenvalue weighted by molar-refractivity contribution is 5.96. The largest absolute Gasteiger partial charge is 0.507 e. The van der Waals surface area contributed by atoms with Gasteiger partial charge in [0.05, 0.1) is 13.2 Å². The molecule has 1 unspecified atom stereocenters. The van der Waals surface area contributed by atoms with Crippen molar-refractivity contribution in [1.82, 2.24) is 0 Å². The van der Waals surface area contributed by atoms with Gasteiger partial charge in [-0.1, -0.05) is 272 Å². The number of unbranched alkanes of at least 4 members (excludes halogenated alkanes) is 30. The van der Waals surface area contributed by atoms with Crippen LogP contribution in [0.25, 0.3) is 0 Å². The van der Waals surface area contributed by atoms with Crippen LogP contribution in [0.4, 0.5) is 0 Å². The first-order chi connectivity index (χ1) is 33.0. The molecule has 2 N–H and O–H groups in total. The van der Waals surface area contributed by atoms with Gasteiger partial charge in [0.1, 0.15) is 11.5 Å². The molecule has 396 valence electrons. The Morgan fingerprint density at radius 2 is 0.725 bits per heavy atom. The van der Waals surface area contributed by atoms with Gasteiger partial charge in [-0.3, -0.25) is 9.59 Å². The van der Waals surface area contributed by atoms with E-state index in [-0.39, 0.29) is 35.5 Å². The number of phenolic OH excluding ortho intramolecular Hbond substituents is 2. The summed E-state index contributed by atoms with van der Waals surface area (Å²) in [6, 6.07) is 7.89. The summed E-state index contributed by atoms with van der Waals surface area (Å²) >= 11 is 0. The highest BCUT2D eigenvalue weighted by Crippen LogP contribution is 2.41. The maximum atomic E-state index is 14.5. The molecule has 0 heterocycles. The fourth-order valence-corrected chi connectivity index (χ4v) is 10.1. The first kappa shape index (κ1) is 62.1. The summed E-state index contributed by atoms with van der Waals surface area (Å²) in [6.45, 7) is 21.3. The molecule has 0 spiro atoms. The third-order valence-electron chi connectivity index (χ3n) is 14.6. The van der Waals surface area contributed by atoms with Crippen molar-refractivity contribution in [1.29, 1.82) is 0 Å². The number of rotatable bonds is 40. The minimum atomic E-state index is -1.20. The molecule has 0 radical (unpaired) electrons. The predicted octanol–water partition coefficient (Wildman–Crippen LogP) is 18.9. The zero-order valence-electron chi connectivity index (χ0n) is 46.7. The number of esters is 2. The summed E-state index contributed by atoms with van der Waals surface area (Å²) in [5.41, 5.74) is 4.03. The van der Waals surface area contributed by atoms with Crippen LogP contribution >= 0.6 is 0 Å². The quantitative estimate of drug-likeness (QED) is 0.0393. The molecule has 1 atom stereocenters. The number of aromatic hydroxyl groups is 2. The van der Waals surface area contributed by atoms with E-state index >= 15 is 0 Å². The second-order valence-corrected chi connectivity index (χ2v) is 23.3. The Bertz CT molecular complexity index is 1610. The number of hydrogen-bond acceptors (Lipinski definition) is 6. The highest BCUT2D eigenvalue weighted by atomic mass is 16.6. The monoisotopic (exact) mass is 961 g/mol. The van der Waals surface area contributed by atoms with Crippen molar-refractivity contribution in [2.24, 2.45) is 5.92 Å². The van der Waals surface area contributed by atoms with Gasteiger partial charge in [0, 0.05) is 5.92 Å². The Balaban J connectivity index is 2.11. The number of carbonyl (C=O) groups excluding carboxylic acids is 2. The van der Waals surface area contributed by atoms with Gasteiger partial charge in [0.15, 0.2) is 5.92 Å². The van der Waals surface area contributed by atoms with E-state index in [0.717, 1.165) is 66.3 Å². The minimum Gasteiger partial charge on any atom is -0.507 e. The molecule has 0 amide bonds. The molecule has 69 heavy (non-hydrogen) atoms. The maximum Gasteiger partial charge on any atom is 0.320 e. The average Bonchev–Trinajstić information content (AvgIpc) is 3.29. The van der Waals surface area contributed by atoms with Crippen LogP contribution in [0.1, 0.15) is 300 Å². The number of hydrogen-bond donors (Lipinski definition) is 2. The topological polar surface area (TPSA) is 93.1 Å². The summed E-state index contributed by atoms with van der Waals surface area (Å²) in [4.78, 5) is 29.0. The molecule has 2 aromatic carbocycles. The number of aryl methyl sites for hydroxylation is 2. The zero-order chi connectivity index (χ0) is 50.9. The second kappa shape index (κ2) is 36.0. The van der Waals surface area contributed by atoms with Crippen molar-refractivity contribution < 1.29 is 29.3 Å². The Hall–Kier alpha value is -3.02. The van der Waals surface area contributed by atoms with Crippen molar-refractivity contribution in [3.63, 3.8) is 0 Å². The third-order valence-corrected chi connectivity index (χ3v) is 14.6. The van der Waals surface area contributed by atoms with Crippen LogP contribution in [-0.2, 0) is 36.3 Å². The van der Waals surface area contributed by atoms with Crippen LogP contribution in [0.15, 0.2) is 24.3 Å². The Morgan fingerprint density at radius 1 is 0.435 bits per heavy atom. The lowest BCUT2D eigenvalue weighted by Crippen LogP contribution is -2.35. The first-order valence-corrected chi connectivity index (χ1v) is 29.0. The number of ether oxygens (including phenoxy) is 2. The molecule has 0 aliphatic rings. The Labute approximate surface area is 425 Å². The van der Waals surface area contributed by atoms with Gasteiger partial charge >= 0.3 is 11.9 Å². The number of carbonyl (C=O) groups is 2. The molecule has 0 saturated heterocycles. The van der Waals surface area contributed by atoms with E-state index in [1.54, 1.807) is 0 Å². The Morgan fingerprint density at radius 3 is 1.04 bits per heavy atom. The fraction of sp³-hybridized carbons (Fsp3) is 0.778. The van der Waals surface area contributed by atoms with Crippen LogP contribution in [0, 0.1) is 19.8 Å². The SMILES string of the molecule is CCCCCCCCCCCCCCCCCCOC(=O)C(C(=O)OCCCCCCCCCCCCCCCCCC)C(Cc1cc(C)c(O)c(C(C)(C)C)c1)c1cc(C)c(O)c(C(C)(C)C)c1. The lowest BCUT2D eigenvalue weighted by Gasteiger charge is -2.29. The highest BCUT2D eigenvalue weighted by Gasteiger charge is 2.40. The van der Waals surface area contributed by atoms with Crippen LogP contribution in [-0.4, -0.2) is 35.4 Å². The maximum absolute atomic E-state index is 14.5. The average molecular weight is 962 g/mol. The van der Waals surface area contributed by atoms with Gasteiger partial charge in [0.25, 0.3) is 0 Å². The van der Waals surface area contributed by atoms with E-state index in [0.29, 0.717) is 12.0 Å². The van der Waals surface area contributed by atoms with Gasteiger partial charge in [-0.25, -0.2) is 0 Å². The Kier molecular flexibility index (Phi) is 32.4. The molecule has 0 aliphatic heterocycles. The molecular formula is C63H108O6. The molecule has 0 fully saturated rings. The molecule has 2 aromatic rings. The van der Waals surface area contributed by atoms with Gasteiger partial charge in [-0.05, 0) is 77.3 Å². The van der Waals surface area contributed by atoms with E-state index in [4.69, 9.17) is 9.47 Å². The summed E-state index contributed by atoms with van der Waals surface area (Å²) in [5.74, 6) is -2.42. The summed E-state index contributed by atoms with van der Waals surface area (Å²) in [5, 5.41) is 22.5. The van der Waals surface area contributed by atoms with Crippen molar-refractivity contribution in [3.8, 4) is 11.5 Å².